The Morgan fingerprint density at radius 1 is 1.27 bits per heavy atom. The van der Waals surface area contributed by atoms with Gasteiger partial charge < -0.3 is 4.57 Å². The molecule has 0 spiro atoms. The number of imidazole rings is 1. The molecule has 0 radical (unpaired) electrons. The summed E-state index contributed by atoms with van der Waals surface area (Å²) in [5.74, 6) is 1.35. The van der Waals surface area contributed by atoms with Gasteiger partial charge in [-0.15, -0.1) is 11.6 Å². The zero-order chi connectivity index (χ0) is 10.7. The fourth-order valence-electron chi connectivity index (χ4n) is 1.40. The van der Waals surface area contributed by atoms with Crippen LogP contribution in [0.1, 0.15) is 11.4 Å². The van der Waals surface area contributed by atoms with Crippen LogP contribution in [0.4, 0.5) is 0 Å². The van der Waals surface area contributed by atoms with Gasteiger partial charge in [0.05, 0.1) is 5.88 Å². The number of hydrogen-bond donors (Lipinski definition) is 0. The highest BCUT2D eigenvalue weighted by Crippen LogP contribution is 2.12. The zero-order valence-electron chi connectivity index (χ0n) is 8.03. The smallest absolute Gasteiger partial charge is 0.123 e. The highest BCUT2D eigenvalue weighted by Gasteiger charge is 2.01. The van der Waals surface area contributed by atoms with E-state index in [-0.39, 0.29) is 0 Å². The fraction of sp³-hybridized carbons (Fsp3) is 0.182. The van der Waals surface area contributed by atoms with E-state index in [2.05, 4.69) is 37.6 Å². The minimum Gasteiger partial charge on any atom is -0.330 e. The van der Waals surface area contributed by atoms with Crippen molar-refractivity contribution in [3.05, 3.63) is 52.5 Å². The second-order valence-electron chi connectivity index (χ2n) is 3.23. The van der Waals surface area contributed by atoms with Crippen molar-refractivity contribution in [3.63, 3.8) is 0 Å². The molecule has 0 aliphatic heterocycles. The number of halogens is 2. The van der Waals surface area contributed by atoms with E-state index >= 15 is 0 Å². The quantitative estimate of drug-likeness (QED) is 0.790. The summed E-state index contributed by atoms with van der Waals surface area (Å²) in [6.07, 6.45) is 3.72. The number of hydrogen-bond acceptors (Lipinski definition) is 1. The maximum absolute atomic E-state index is 5.77. The molecule has 0 aliphatic carbocycles. The molecule has 0 saturated heterocycles. The van der Waals surface area contributed by atoms with Crippen molar-refractivity contribution >= 4 is 27.5 Å². The first-order chi connectivity index (χ1) is 7.29. The Morgan fingerprint density at radius 3 is 2.67 bits per heavy atom. The molecule has 0 bridgehead atoms. The third-order valence-corrected chi connectivity index (χ3v) is 2.96. The predicted molar refractivity (Wildman–Crippen MR) is 65.0 cm³/mol. The number of nitrogens with zero attached hydrogens (tertiary/aromatic N) is 2. The van der Waals surface area contributed by atoms with Gasteiger partial charge in [-0.3, -0.25) is 0 Å². The number of aromatic nitrogens is 2. The lowest BCUT2D eigenvalue weighted by Crippen LogP contribution is -2.02. The van der Waals surface area contributed by atoms with Gasteiger partial charge in [-0.1, -0.05) is 28.1 Å². The van der Waals surface area contributed by atoms with E-state index in [1.165, 1.54) is 5.56 Å². The van der Waals surface area contributed by atoms with Gasteiger partial charge in [-0.2, -0.15) is 0 Å². The van der Waals surface area contributed by atoms with Crippen LogP contribution in [0.2, 0.25) is 0 Å². The summed E-state index contributed by atoms with van der Waals surface area (Å²) in [6, 6.07) is 8.24. The van der Waals surface area contributed by atoms with Crippen LogP contribution in [0.25, 0.3) is 0 Å². The second kappa shape index (κ2) is 4.81. The summed E-state index contributed by atoms with van der Waals surface area (Å²) in [5, 5.41) is 0. The van der Waals surface area contributed by atoms with Crippen LogP contribution in [-0.4, -0.2) is 9.55 Å². The molecule has 0 unspecified atom stereocenters. The molecule has 0 N–H and O–H groups in total. The molecule has 0 amide bonds. The van der Waals surface area contributed by atoms with Crippen molar-refractivity contribution in [2.24, 2.45) is 0 Å². The SMILES string of the molecule is ClCc1nccn1Cc1ccc(Br)cc1. The average molecular weight is 286 g/mol. The largest absolute Gasteiger partial charge is 0.330 e. The van der Waals surface area contributed by atoms with Crippen LogP contribution in [0.5, 0.6) is 0 Å². The Kier molecular flexibility index (Phi) is 3.44. The molecule has 78 valence electrons. The summed E-state index contributed by atoms with van der Waals surface area (Å²) in [5.41, 5.74) is 1.24. The molecule has 0 aliphatic rings. The molecule has 0 fully saturated rings. The van der Waals surface area contributed by atoms with Crippen molar-refractivity contribution in [3.8, 4) is 0 Å². The van der Waals surface area contributed by atoms with Gasteiger partial charge in [-0.05, 0) is 17.7 Å². The Bertz CT molecular complexity index is 436. The second-order valence-corrected chi connectivity index (χ2v) is 4.41. The standard InChI is InChI=1S/C11H10BrClN2/c12-10-3-1-9(2-4-10)8-15-6-5-14-11(15)7-13/h1-6H,7-8H2. The number of alkyl halides is 1. The van der Waals surface area contributed by atoms with Crippen LogP contribution in [0.3, 0.4) is 0 Å². The first-order valence-electron chi connectivity index (χ1n) is 4.60. The first-order valence-corrected chi connectivity index (χ1v) is 5.93. The van der Waals surface area contributed by atoms with Gasteiger partial charge in [0.15, 0.2) is 0 Å². The molecule has 2 nitrogen and oxygen atoms in total. The van der Waals surface area contributed by atoms with E-state index in [0.29, 0.717) is 5.88 Å². The Hall–Kier alpha value is -0.800. The van der Waals surface area contributed by atoms with Crippen LogP contribution >= 0.6 is 27.5 Å². The molecule has 4 heteroatoms. The van der Waals surface area contributed by atoms with Crippen molar-refractivity contribution in [1.29, 1.82) is 0 Å². The molecule has 1 aromatic carbocycles. The lowest BCUT2D eigenvalue weighted by atomic mass is 10.2. The lowest BCUT2D eigenvalue weighted by Gasteiger charge is -2.05. The van der Waals surface area contributed by atoms with Crippen molar-refractivity contribution in [2.45, 2.75) is 12.4 Å². The van der Waals surface area contributed by atoms with Crippen molar-refractivity contribution in [1.82, 2.24) is 9.55 Å². The summed E-state index contributed by atoms with van der Waals surface area (Å²) >= 11 is 9.19. The number of rotatable bonds is 3. The van der Waals surface area contributed by atoms with Crippen molar-refractivity contribution in [2.75, 3.05) is 0 Å². The molecule has 15 heavy (non-hydrogen) atoms. The maximum atomic E-state index is 5.77. The topological polar surface area (TPSA) is 17.8 Å². The Morgan fingerprint density at radius 2 is 2.00 bits per heavy atom. The third-order valence-electron chi connectivity index (χ3n) is 2.19. The lowest BCUT2D eigenvalue weighted by molar-refractivity contribution is 0.755. The van der Waals surface area contributed by atoms with E-state index in [9.17, 15) is 0 Å². The van der Waals surface area contributed by atoms with E-state index in [1.807, 2.05) is 18.3 Å². The maximum Gasteiger partial charge on any atom is 0.123 e. The first kappa shape index (κ1) is 10.7. The average Bonchev–Trinajstić information content (AvgIpc) is 2.69. The molecule has 0 saturated carbocycles. The Balaban J connectivity index is 2.18. The molecular weight excluding hydrogens is 275 g/mol. The highest BCUT2D eigenvalue weighted by atomic mass is 79.9. The van der Waals surface area contributed by atoms with Gasteiger partial charge in [0.25, 0.3) is 0 Å². The molecular formula is C11H10BrClN2. The van der Waals surface area contributed by atoms with Crippen LogP contribution in [0, 0.1) is 0 Å². The zero-order valence-corrected chi connectivity index (χ0v) is 10.4. The van der Waals surface area contributed by atoms with E-state index in [0.717, 1.165) is 16.8 Å². The van der Waals surface area contributed by atoms with E-state index in [4.69, 9.17) is 11.6 Å². The summed E-state index contributed by atoms with van der Waals surface area (Å²) < 4.78 is 3.14. The highest BCUT2D eigenvalue weighted by molar-refractivity contribution is 9.10. The van der Waals surface area contributed by atoms with Crippen LogP contribution in [0.15, 0.2) is 41.1 Å². The normalized spacial score (nSPS) is 10.5. The van der Waals surface area contributed by atoms with Crippen LogP contribution in [-0.2, 0) is 12.4 Å². The monoisotopic (exact) mass is 284 g/mol. The molecule has 2 aromatic rings. The van der Waals surface area contributed by atoms with Gasteiger partial charge in [0.1, 0.15) is 5.82 Å². The van der Waals surface area contributed by atoms with Gasteiger partial charge in [0.2, 0.25) is 0 Å². The van der Waals surface area contributed by atoms with Crippen LogP contribution < -0.4 is 0 Å². The summed E-state index contributed by atoms with van der Waals surface area (Å²) in [6.45, 7) is 0.815. The summed E-state index contributed by atoms with van der Waals surface area (Å²) in [7, 11) is 0. The predicted octanol–water partition coefficient (Wildman–Crippen LogP) is 3.43. The molecule has 2 rings (SSSR count). The minimum absolute atomic E-state index is 0.448. The van der Waals surface area contributed by atoms with Gasteiger partial charge >= 0.3 is 0 Å². The van der Waals surface area contributed by atoms with Crippen molar-refractivity contribution < 1.29 is 0 Å². The third kappa shape index (κ3) is 2.61. The minimum atomic E-state index is 0.448. The molecule has 0 atom stereocenters. The van der Waals surface area contributed by atoms with Gasteiger partial charge in [-0.25, -0.2) is 4.98 Å². The molecule has 1 heterocycles. The number of benzene rings is 1. The summed E-state index contributed by atoms with van der Waals surface area (Å²) in [4.78, 5) is 4.17. The van der Waals surface area contributed by atoms with E-state index in [1.54, 1.807) is 6.20 Å². The van der Waals surface area contributed by atoms with Gasteiger partial charge in [0, 0.05) is 23.4 Å². The molecule has 1 aromatic heterocycles. The fourth-order valence-corrected chi connectivity index (χ4v) is 1.89. The van der Waals surface area contributed by atoms with E-state index < -0.39 is 0 Å². The Labute approximate surface area is 102 Å².